The average Bonchev–Trinajstić information content (AvgIpc) is 2.97. The van der Waals surface area contributed by atoms with Gasteiger partial charge in [-0.05, 0) is 73.9 Å². The Bertz CT molecular complexity index is 1420. The molecule has 9 nitrogen and oxygen atoms in total. The standard InChI is InChI=1S/C31H39N3O6S/c1-22(2)19-32-31(36)24(4)33(20-25-8-7-9-28(18-25)40-6)30(35)21-34(26-12-10-23(3)11-13-26)41(37,38)29-16-14-27(39-5)15-17-29/h7-18,22,24H,19-21H2,1-6H3,(H,32,36)/t24-/m0/s1. The van der Waals surface area contributed by atoms with E-state index < -0.39 is 28.5 Å². The minimum Gasteiger partial charge on any atom is -0.497 e. The van der Waals surface area contributed by atoms with Crippen LogP contribution in [0.1, 0.15) is 31.9 Å². The van der Waals surface area contributed by atoms with E-state index in [2.05, 4.69) is 5.32 Å². The van der Waals surface area contributed by atoms with Crippen LogP contribution in [0.4, 0.5) is 5.69 Å². The van der Waals surface area contributed by atoms with Gasteiger partial charge in [0.15, 0.2) is 0 Å². The van der Waals surface area contributed by atoms with E-state index in [0.717, 1.165) is 15.4 Å². The van der Waals surface area contributed by atoms with Gasteiger partial charge in [-0.15, -0.1) is 0 Å². The van der Waals surface area contributed by atoms with Gasteiger partial charge in [0.2, 0.25) is 11.8 Å². The number of nitrogens with zero attached hydrogens (tertiary/aromatic N) is 2. The van der Waals surface area contributed by atoms with E-state index in [-0.39, 0.29) is 23.3 Å². The van der Waals surface area contributed by atoms with Gasteiger partial charge in [-0.1, -0.05) is 43.7 Å². The van der Waals surface area contributed by atoms with Crippen molar-refractivity contribution in [2.75, 3.05) is 31.6 Å². The second-order valence-corrected chi connectivity index (χ2v) is 12.1. The summed E-state index contributed by atoms with van der Waals surface area (Å²) in [6.07, 6.45) is 0. The predicted molar refractivity (Wildman–Crippen MR) is 160 cm³/mol. The second kappa shape index (κ2) is 14.0. The molecule has 3 aromatic carbocycles. The zero-order chi connectivity index (χ0) is 30.2. The first-order chi connectivity index (χ1) is 19.5. The lowest BCUT2D eigenvalue weighted by Gasteiger charge is -2.32. The summed E-state index contributed by atoms with van der Waals surface area (Å²) in [5.74, 6) is 0.482. The fourth-order valence-corrected chi connectivity index (χ4v) is 5.53. The third-order valence-corrected chi connectivity index (χ3v) is 8.38. The molecule has 0 saturated heterocycles. The van der Waals surface area contributed by atoms with Crippen LogP contribution in [0.5, 0.6) is 11.5 Å². The molecular formula is C31H39N3O6S. The van der Waals surface area contributed by atoms with Gasteiger partial charge in [-0.25, -0.2) is 8.42 Å². The van der Waals surface area contributed by atoms with Crippen molar-refractivity contribution in [3.63, 3.8) is 0 Å². The normalized spacial score (nSPS) is 12.0. The number of nitrogens with one attached hydrogen (secondary N) is 1. The average molecular weight is 582 g/mol. The van der Waals surface area contributed by atoms with Crippen LogP contribution < -0.4 is 19.1 Å². The number of hydrogen-bond acceptors (Lipinski definition) is 6. The third-order valence-electron chi connectivity index (χ3n) is 6.59. The highest BCUT2D eigenvalue weighted by Crippen LogP contribution is 2.26. The molecule has 41 heavy (non-hydrogen) atoms. The summed E-state index contributed by atoms with van der Waals surface area (Å²) in [6.45, 7) is 7.51. The van der Waals surface area contributed by atoms with Crippen LogP contribution in [0.15, 0.2) is 77.7 Å². The van der Waals surface area contributed by atoms with Crippen molar-refractivity contribution in [2.24, 2.45) is 5.92 Å². The molecule has 10 heteroatoms. The van der Waals surface area contributed by atoms with Crippen LogP contribution in [0, 0.1) is 12.8 Å². The van der Waals surface area contributed by atoms with Gasteiger partial charge in [0, 0.05) is 13.1 Å². The smallest absolute Gasteiger partial charge is 0.264 e. The van der Waals surface area contributed by atoms with Crippen LogP contribution in [0.3, 0.4) is 0 Å². The van der Waals surface area contributed by atoms with Crippen molar-refractivity contribution in [1.29, 1.82) is 0 Å². The van der Waals surface area contributed by atoms with Crippen molar-refractivity contribution >= 4 is 27.5 Å². The monoisotopic (exact) mass is 581 g/mol. The number of sulfonamides is 1. The van der Waals surface area contributed by atoms with E-state index in [1.54, 1.807) is 68.6 Å². The Kier molecular flexibility index (Phi) is 10.8. The fraction of sp³-hybridized carbons (Fsp3) is 0.355. The summed E-state index contributed by atoms with van der Waals surface area (Å²) in [6, 6.07) is 19.2. The zero-order valence-electron chi connectivity index (χ0n) is 24.5. The molecule has 1 N–H and O–H groups in total. The molecule has 3 aromatic rings. The number of methoxy groups -OCH3 is 2. The highest BCUT2D eigenvalue weighted by atomic mass is 32.2. The minimum atomic E-state index is -4.16. The maximum Gasteiger partial charge on any atom is 0.264 e. The molecule has 0 aliphatic carbocycles. The Morgan fingerprint density at radius 3 is 2.10 bits per heavy atom. The highest BCUT2D eigenvalue weighted by Gasteiger charge is 2.32. The highest BCUT2D eigenvalue weighted by molar-refractivity contribution is 7.92. The SMILES string of the molecule is COc1ccc(S(=O)(=O)N(CC(=O)N(Cc2cccc(OC)c2)[C@@H](C)C(=O)NCC(C)C)c2ccc(C)cc2)cc1. The first kappa shape index (κ1) is 31.5. The quantitative estimate of drug-likeness (QED) is 0.321. The van der Waals surface area contributed by atoms with Crippen molar-refractivity contribution < 1.29 is 27.5 Å². The van der Waals surface area contributed by atoms with E-state index in [1.165, 1.54) is 24.1 Å². The number of carbonyl (C=O) groups is 2. The number of benzene rings is 3. The summed E-state index contributed by atoms with van der Waals surface area (Å²) in [5.41, 5.74) is 2.01. The fourth-order valence-electron chi connectivity index (χ4n) is 4.12. The number of hydrogen-bond donors (Lipinski definition) is 1. The number of aryl methyl sites for hydroxylation is 1. The maximum atomic E-state index is 14.0. The van der Waals surface area contributed by atoms with Gasteiger partial charge in [0.25, 0.3) is 10.0 Å². The zero-order valence-corrected chi connectivity index (χ0v) is 25.3. The molecule has 2 amide bonds. The number of anilines is 1. The maximum absolute atomic E-state index is 14.0. The van der Waals surface area contributed by atoms with Crippen molar-refractivity contribution in [2.45, 2.75) is 45.2 Å². The molecule has 0 fully saturated rings. The van der Waals surface area contributed by atoms with Gasteiger partial charge in [0.05, 0.1) is 24.8 Å². The topological polar surface area (TPSA) is 105 Å². The molecule has 0 unspecified atom stereocenters. The lowest BCUT2D eigenvalue weighted by molar-refractivity contribution is -0.139. The Morgan fingerprint density at radius 1 is 0.878 bits per heavy atom. The summed E-state index contributed by atoms with van der Waals surface area (Å²) in [5, 5.41) is 2.88. The third kappa shape index (κ3) is 8.23. The molecule has 220 valence electrons. The van der Waals surface area contributed by atoms with Gasteiger partial charge in [-0.3, -0.25) is 13.9 Å². The number of ether oxygens (including phenoxy) is 2. The molecule has 0 radical (unpaired) electrons. The molecular weight excluding hydrogens is 542 g/mol. The molecule has 0 bridgehead atoms. The van der Waals surface area contributed by atoms with E-state index in [0.29, 0.717) is 23.7 Å². The minimum absolute atomic E-state index is 0.00810. The van der Waals surface area contributed by atoms with Gasteiger partial charge in [-0.2, -0.15) is 0 Å². The Morgan fingerprint density at radius 2 is 1.51 bits per heavy atom. The second-order valence-electron chi connectivity index (χ2n) is 10.2. The van der Waals surface area contributed by atoms with Crippen LogP contribution >= 0.6 is 0 Å². The Hall–Kier alpha value is -4.05. The Balaban J connectivity index is 2.02. The van der Waals surface area contributed by atoms with E-state index in [1.807, 2.05) is 26.8 Å². The molecule has 0 spiro atoms. The van der Waals surface area contributed by atoms with Gasteiger partial charge in [0.1, 0.15) is 24.1 Å². The van der Waals surface area contributed by atoms with Crippen molar-refractivity contribution in [3.05, 3.63) is 83.9 Å². The van der Waals surface area contributed by atoms with Crippen LogP contribution in [-0.4, -0.2) is 58.5 Å². The van der Waals surface area contributed by atoms with Gasteiger partial charge < -0.3 is 19.7 Å². The number of carbonyl (C=O) groups excluding carboxylic acids is 2. The molecule has 0 aliphatic heterocycles. The molecule has 0 aliphatic rings. The van der Waals surface area contributed by atoms with Crippen LogP contribution in [0.25, 0.3) is 0 Å². The summed E-state index contributed by atoms with van der Waals surface area (Å²) in [4.78, 5) is 28.5. The largest absolute Gasteiger partial charge is 0.497 e. The van der Waals surface area contributed by atoms with Crippen molar-refractivity contribution in [1.82, 2.24) is 10.2 Å². The van der Waals surface area contributed by atoms with Gasteiger partial charge >= 0.3 is 0 Å². The molecule has 3 rings (SSSR count). The molecule has 0 saturated carbocycles. The van der Waals surface area contributed by atoms with Crippen LogP contribution in [0.2, 0.25) is 0 Å². The lowest BCUT2D eigenvalue weighted by Crippen LogP contribution is -2.51. The molecule has 0 heterocycles. The van der Waals surface area contributed by atoms with E-state index in [4.69, 9.17) is 9.47 Å². The molecule has 0 aromatic heterocycles. The first-order valence-electron chi connectivity index (χ1n) is 13.4. The van der Waals surface area contributed by atoms with Crippen molar-refractivity contribution in [3.8, 4) is 11.5 Å². The predicted octanol–water partition coefficient (Wildman–Crippen LogP) is 4.40. The first-order valence-corrected chi connectivity index (χ1v) is 14.8. The lowest BCUT2D eigenvalue weighted by atomic mass is 10.1. The molecule has 1 atom stereocenters. The summed E-state index contributed by atoms with van der Waals surface area (Å²) < 4.78 is 39.4. The summed E-state index contributed by atoms with van der Waals surface area (Å²) in [7, 11) is -1.12. The van der Waals surface area contributed by atoms with E-state index in [9.17, 15) is 18.0 Å². The number of amides is 2. The van der Waals surface area contributed by atoms with E-state index >= 15 is 0 Å². The van der Waals surface area contributed by atoms with Crippen LogP contribution in [-0.2, 0) is 26.2 Å². The summed E-state index contributed by atoms with van der Waals surface area (Å²) >= 11 is 0. The Labute approximate surface area is 243 Å². The number of rotatable bonds is 13.